The summed E-state index contributed by atoms with van der Waals surface area (Å²) in [5.74, 6) is 0.515. The molecule has 0 unspecified atom stereocenters. The number of ether oxygens (including phenoxy) is 1. The van der Waals surface area contributed by atoms with Gasteiger partial charge in [0.15, 0.2) is 0 Å². The lowest BCUT2D eigenvalue weighted by Crippen LogP contribution is -2.47. The Balaban J connectivity index is 1.60. The van der Waals surface area contributed by atoms with Gasteiger partial charge in [-0.05, 0) is 43.4 Å². The normalized spacial score (nSPS) is 28.6. The minimum absolute atomic E-state index is 0.307. The molecule has 6 heteroatoms. The molecule has 122 valence electrons. The summed E-state index contributed by atoms with van der Waals surface area (Å²) in [6.45, 7) is 3.54. The van der Waals surface area contributed by atoms with Crippen molar-refractivity contribution < 1.29 is 13.2 Å². The summed E-state index contributed by atoms with van der Waals surface area (Å²) in [5.41, 5.74) is 0.307. The number of nitrogens with zero attached hydrogens (tertiary/aromatic N) is 2. The minimum atomic E-state index is -3.24. The lowest BCUT2D eigenvalue weighted by Gasteiger charge is -2.34. The van der Waals surface area contributed by atoms with E-state index in [0.29, 0.717) is 24.4 Å². The van der Waals surface area contributed by atoms with Crippen molar-refractivity contribution in [3.8, 4) is 0 Å². The predicted octanol–water partition coefficient (Wildman–Crippen LogP) is 1.86. The monoisotopic (exact) mass is 316 g/mol. The number of hydrogen-bond donors (Lipinski definition) is 0. The molecule has 3 fully saturated rings. The zero-order valence-corrected chi connectivity index (χ0v) is 13.9. The summed E-state index contributed by atoms with van der Waals surface area (Å²) in [4.78, 5) is 0. The van der Waals surface area contributed by atoms with Gasteiger partial charge in [-0.1, -0.05) is 12.8 Å². The van der Waals surface area contributed by atoms with Crippen molar-refractivity contribution in [1.29, 1.82) is 0 Å². The van der Waals surface area contributed by atoms with Gasteiger partial charge < -0.3 is 4.74 Å². The highest BCUT2D eigenvalue weighted by atomic mass is 32.2. The molecule has 2 heterocycles. The number of hydrogen-bond acceptors (Lipinski definition) is 3. The van der Waals surface area contributed by atoms with Crippen molar-refractivity contribution in [3.05, 3.63) is 0 Å². The molecule has 1 spiro atoms. The zero-order valence-electron chi connectivity index (χ0n) is 13.1. The van der Waals surface area contributed by atoms with Gasteiger partial charge in [0.25, 0.3) is 10.2 Å². The average molecular weight is 316 g/mol. The van der Waals surface area contributed by atoms with Crippen LogP contribution in [0, 0.1) is 11.3 Å². The van der Waals surface area contributed by atoms with E-state index in [4.69, 9.17) is 4.74 Å². The molecule has 3 rings (SSSR count). The molecule has 0 aromatic carbocycles. The molecular formula is C15H28N2O3S. The van der Waals surface area contributed by atoms with E-state index in [1.807, 2.05) is 0 Å². The van der Waals surface area contributed by atoms with E-state index in [-0.39, 0.29) is 0 Å². The molecule has 0 atom stereocenters. The SMILES string of the molecule is COCC1CCN(S(=O)(=O)N2CCC3(CCCC3)C2)CC1. The van der Waals surface area contributed by atoms with Crippen molar-refractivity contribution >= 4 is 10.2 Å². The van der Waals surface area contributed by atoms with Crippen LogP contribution in [0.3, 0.4) is 0 Å². The molecule has 0 radical (unpaired) electrons. The van der Waals surface area contributed by atoms with Crippen LogP contribution in [0.2, 0.25) is 0 Å². The third-order valence-corrected chi connectivity index (χ3v) is 7.68. The molecule has 5 nitrogen and oxygen atoms in total. The lowest BCUT2D eigenvalue weighted by atomic mass is 9.86. The van der Waals surface area contributed by atoms with Crippen LogP contribution in [-0.2, 0) is 14.9 Å². The van der Waals surface area contributed by atoms with Crippen LogP contribution >= 0.6 is 0 Å². The van der Waals surface area contributed by atoms with E-state index < -0.39 is 10.2 Å². The highest BCUT2D eigenvalue weighted by Gasteiger charge is 2.45. The molecule has 0 N–H and O–H groups in total. The van der Waals surface area contributed by atoms with Gasteiger partial charge in [-0.25, -0.2) is 0 Å². The van der Waals surface area contributed by atoms with E-state index in [0.717, 1.165) is 39.0 Å². The standard InChI is InChI=1S/C15H28N2O3S/c1-20-12-14-4-9-16(10-5-14)21(18,19)17-11-8-15(13-17)6-2-3-7-15/h14H,2-13H2,1H3. The summed E-state index contributed by atoms with van der Waals surface area (Å²) < 4.78 is 34.3. The maximum Gasteiger partial charge on any atom is 0.281 e. The van der Waals surface area contributed by atoms with Gasteiger partial charge in [0.2, 0.25) is 0 Å². The molecule has 3 aliphatic rings. The van der Waals surface area contributed by atoms with E-state index in [1.165, 1.54) is 25.7 Å². The molecule has 0 bridgehead atoms. The first-order chi connectivity index (χ1) is 10.1. The van der Waals surface area contributed by atoms with Crippen LogP contribution in [0.25, 0.3) is 0 Å². The number of rotatable bonds is 4. The van der Waals surface area contributed by atoms with Gasteiger partial charge >= 0.3 is 0 Å². The van der Waals surface area contributed by atoms with Crippen molar-refractivity contribution in [2.45, 2.75) is 44.9 Å². The first-order valence-corrected chi connectivity index (χ1v) is 9.70. The second kappa shape index (κ2) is 6.14. The second-order valence-corrected chi connectivity index (χ2v) is 9.02. The lowest BCUT2D eigenvalue weighted by molar-refractivity contribution is 0.120. The highest BCUT2D eigenvalue weighted by molar-refractivity contribution is 7.86. The summed E-state index contributed by atoms with van der Waals surface area (Å²) >= 11 is 0. The molecule has 1 saturated carbocycles. The summed E-state index contributed by atoms with van der Waals surface area (Å²) in [7, 11) is -1.52. The van der Waals surface area contributed by atoms with Gasteiger partial charge in [0, 0.05) is 39.9 Å². The van der Waals surface area contributed by atoms with Crippen LogP contribution in [0.15, 0.2) is 0 Å². The Labute approximate surface area is 128 Å². The van der Waals surface area contributed by atoms with E-state index >= 15 is 0 Å². The fourth-order valence-electron chi connectivity index (χ4n) is 4.33. The van der Waals surface area contributed by atoms with E-state index in [2.05, 4.69) is 0 Å². The summed E-state index contributed by atoms with van der Waals surface area (Å²) in [5, 5.41) is 0. The quantitative estimate of drug-likeness (QED) is 0.795. The Bertz CT molecular complexity index is 452. The van der Waals surface area contributed by atoms with Crippen LogP contribution in [-0.4, -0.2) is 56.9 Å². The smallest absolute Gasteiger partial charge is 0.281 e. The molecule has 1 aliphatic carbocycles. The fourth-order valence-corrected chi connectivity index (χ4v) is 6.09. The van der Waals surface area contributed by atoms with Crippen molar-refractivity contribution in [1.82, 2.24) is 8.61 Å². The van der Waals surface area contributed by atoms with Crippen molar-refractivity contribution in [2.24, 2.45) is 11.3 Å². The number of piperidine rings is 1. The summed E-state index contributed by atoms with van der Waals surface area (Å²) in [6.07, 6.45) is 7.89. The van der Waals surface area contributed by atoms with E-state index in [9.17, 15) is 8.42 Å². The Kier molecular flexibility index (Phi) is 4.60. The fraction of sp³-hybridized carbons (Fsp3) is 1.00. The Morgan fingerprint density at radius 3 is 2.33 bits per heavy atom. The molecule has 2 saturated heterocycles. The Hall–Kier alpha value is -0.170. The maximum absolute atomic E-state index is 12.8. The first-order valence-electron chi connectivity index (χ1n) is 8.30. The van der Waals surface area contributed by atoms with Crippen LogP contribution in [0.1, 0.15) is 44.9 Å². The first kappa shape index (κ1) is 15.7. The number of methoxy groups -OCH3 is 1. The third-order valence-electron chi connectivity index (χ3n) is 5.70. The molecule has 0 aromatic heterocycles. The molecule has 2 aliphatic heterocycles. The van der Waals surface area contributed by atoms with Gasteiger partial charge in [0.05, 0.1) is 0 Å². The largest absolute Gasteiger partial charge is 0.384 e. The van der Waals surface area contributed by atoms with Crippen molar-refractivity contribution in [3.63, 3.8) is 0 Å². The predicted molar refractivity (Wildman–Crippen MR) is 82.2 cm³/mol. The topological polar surface area (TPSA) is 49.9 Å². The van der Waals surface area contributed by atoms with Crippen LogP contribution in [0.5, 0.6) is 0 Å². The Morgan fingerprint density at radius 1 is 1.05 bits per heavy atom. The third kappa shape index (κ3) is 3.14. The average Bonchev–Trinajstić information content (AvgIpc) is 3.11. The van der Waals surface area contributed by atoms with Crippen molar-refractivity contribution in [2.75, 3.05) is 39.9 Å². The highest BCUT2D eigenvalue weighted by Crippen LogP contribution is 2.46. The zero-order chi connectivity index (χ0) is 14.9. The molecule has 21 heavy (non-hydrogen) atoms. The van der Waals surface area contributed by atoms with Crippen LogP contribution < -0.4 is 0 Å². The molecular weight excluding hydrogens is 288 g/mol. The molecule has 0 aromatic rings. The minimum Gasteiger partial charge on any atom is -0.384 e. The molecule has 0 amide bonds. The van der Waals surface area contributed by atoms with Gasteiger partial charge in [0.1, 0.15) is 0 Å². The van der Waals surface area contributed by atoms with Crippen LogP contribution in [0.4, 0.5) is 0 Å². The summed E-state index contributed by atoms with van der Waals surface area (Å²) in [6, 6.07) is 0. The second-order valence-electron chi connectivity index (χ2n) is 7.10. The van der Waals surface area contributed by atoms with E-state index in [1.54, 1.807) is 15.7 Å². The maximum atomic E-state index is 12.8. The Morgan fingerprint density at radius 2 is 1.71 bits per heavy atom. The van der Waals surface area contributed by atoms with Gasteiger partial charge in [-0.15, -0.1) is 0 Å². The van der Waals surface area contributed by atoms with Gasteiger partial charge in [-0.2, -0.15) is 17.0 Å². The van der Waals surface area contributed by atoms with Gasteiger partial charge in [-0.3, -0.25) is 0 Å².